The molecule has 1 aliphatic carbocycles. The molecule has 0 aliphatic heterocycles. The molecule has 1 rings (SSSR count). The van der Waals surface area contributed by atoms with Crippen LogP contribution in [-0.2, 0) is 4.74 Å². The molecule has 0 amide bonds. The zero-order valence-corrected chi connectivity index (χ0v) is 13.4. The number of hydrogen-bond donors (Lipinski definition) is 0. The van der Waals surface area contributed by atoms with Crippen molar-refractivity contribution in [3.8, 4) is 0 Å². The first-order chi connectivity index (χ1) is 7.53. The molecule has 0 aromatic rings. The summed E-state index contributed by atoms with van der Waals surface area (Å²) in [5, 5.41) is 0. The Kier molecular flexibility index (Phi) is 6.06. The van der Waals surface area contributed by atoms with Crippen molar-refractivity contribution in [1.29, 1.82) is 0 Å². The van der Waals surface area contributed by atoms with Crippen LogP contribution in [0.2, 0.25) is 0 Å². The van der Waals surface area contributed by atoms with Crippen molar-refractivity contribution >= 4 is 22.6 Å². The maximum atomic E-state index is 6.30. The van der Waals surface area contributed by atoms with E-state index in [2.05, 4.69) is 50.3 Å². The van der Waals surface area contributed by atoms with Gasteiger partial charge in [-0.1, -0.05) is 43.4 Å². The molecule has 0 spiro atoms. The number of rotatable bonds is 5. The van der Waals surface area contributed by atoms with E-state index in [1.54, 1.807) is 0 Å². The standard InChI is InChI=1S/C14H27IO/c1-5-12(4)16-14(10-15)8-6-13(7-9-14)11(2)3/h11-13H,5-10H2,1-4H3. The lowest BCUT2D eigenvalue weighted by Gasteiger charge is -2.41. The minimum atomic E-state index is 0.196. The number of alkyl halides is 1. The quantitative estimate of drug-likeness (QED) is 0.516. The summed E-state index contributed by atoms with van der Waals surface area (Å²) >= 11 is 2.51. The molecule has 16 heavy (non-hydrogen) atoms. The van der Waals surface area contributed by atoms with Crippen LogP contribution < -0.4 is 0 Å². The minimum Gasteiger partial charge on any atom is -0.371 e. The third kappa shape index (κ3) is 3.86. The predicted molar refractivity (Wildman–Crippen MR) is 79.3 cm³/mol. The Morgan fingerprint density at radius 2 is 1.81 bits per heavy atom. The molecule has 96 valence electrons. The summed E-state index contributed by atoms with van der Waals surface area (Å²) in [6.45, 7) is 9.14. The van der Waals surface area contributed by atoms with E-state index in [9.17, 15) is 0 Å². The van der Waals surface area contributed by atoms with Gasteiger partial charge in [0, 0.05) is 4.43 Å². The van der Waals surface area contributed by atoms with E-state index in [1.807, 2.05) is 0 Å². The second-order valence-electron chi connectivity index (χ2n) is 5.73. The number of ether oxygens (including phenoxy) is 1. The molecule has 1 nitrogen and oxygen atoms in total. The predicted octanol–water partition coefficient (Wildman–Crippen LogP) is 4.82. The highest BCUT2D eigenvalue weighted by molar-refractivity contribution is 14.1. The molecule has 1 saturated carbocycles. The molecule has 0 radical (unpaired) electrons. The van der Waals surface area contributed by atoms with Crippen molar-refractivity contribution in [3.63, 3.8) is 0 Å². The Labute approximate surface area is 115 Å². The van der Waals surface area contributed by atoms with Gasteiger partial charge >= 0.3 is 0 Å². The zero-order valence-electron chi connectivity index (χ0n) is 11.3. The van der Waals surface area contributed by atoms with E-state index in [0.717, 1.165) is 22.7 Å². The fourth-order valence-corrected chi connectivity index (χ4v) is 3.57. The summed E-state index contributed by atoms with van der Waals surface area (Å²) < 4.78 is 7.45. The van der Waals surface area contributed by atoms with Crippen LogP contribution in [0.4, 0.5) is 0 Å². The summed E-state index contributed by atoms with van der Waals surface area (Å²) in [7, 11) is 0. The average molecular weight is 338 g/mol. The maximum Gasteiger partial charge on any atom is 0.0775 e. The Balaban J connectivity index is 2.51. The van der Waals surface area contributed by atoms with Crippen LogP contribution in [0.15, 0.2) is 0 Å². The number of halogens is 1. The minimum absolute atomic E-state index is 0.196. The van der Waals surface area contributed by atoms with E-state index in [-0.39, 0.29) is 5.60 Å². The van der Waals surface area contributed by atoms with Crippen molar-refractivity contribution in [3.05, 3.63) is 0 Å². The molecule has 0 bridgehead atoms. The van der Waals surface area contributed by atoms with Gasteiger partial charge < -0.3 is 4.74 Å². The van der Waals surface area contributed by atoms with Crippen LogP contribution in [-0.4, -0.2) is 16.1 Å². The van der Waals surface area contributed by atoms with E-state index in [1.165, 1.54) is 25.7 Å². The Morgan fingerprint density at radius 3 is 2.19 bits per heavy atom. The Bertz CT molecular complexity index is 195. The van der Waals surface area contributed by atoms with E-state index in [0.29, 0.717) is 6.10 Å². The zero-order chi connectivity index (χ0) is 12.2. The van der Waals surface area contributed by atoms with Gasteiger partial charge in [0.05, 0.1) is 11.7 Å². The summed E-state index contributed by atoms with van der Waals surface area (Å²) in [6.07, 6.45) is 6.80. The average Bonchev–Trinajstić information content (AvgIpc) is 2.29. The van der Waals surface area contributed by atoms with Crippen LogP contribution in [0.25, 0.3) is 0 Å². The topological polar surface area (TPSA) is 9.23 Å². The molecule has 1 aliphatic rings. The lowest BCUT2D eigenvalue weighted by Crippen LogP contribution is -2.42. The molecule has 0 heterocycles. The molecule has 1 atom stereocenters. The second-order valence-corrected chi connectivity index (χ2v) is 6.50. The third-order valence-corrected chi connectivity index (χ3v) is 5.54. The highest BCUT2D eigenvalue weighted by Gasteiger charge is 2.36. The van der Waals surface area contributed by atoms with Gasteiger partial charge in [-0.25, -0.2) is 0 Å². The molecule has 0 aromatic carbocycles. The first kappa shape index (κ1) is 14.7. The molecular weight excluding hydrogens is 311 g/mol. The largest absolute Gasteiger partial charge is 0.371 e. The van der Waals surface area contributed by atoms with Gasteiger partial charge in [-0.2, -0.15) is 0 Å². The monoisotopic (exact) mass is 338 g/mol. The van der Waals surface area contributed by atoms with Crippen molar-refractivity contribution in [2.75, 3.05) is 4.43 Å². The van der Waals surface area contributed by atoms with Gasteiger partial charge in [-0.05, 0) is 50.9 Å². The normalized spacial score (nSPS) is 33.0. The summed E-state index contributed by atoms with van der Waals surface area (Å²) in [4.78, 5) is 0. The molecule has 2 heteroatoms. The van der Waals surface area contributed by atoms with Gasteiger partial charge in [-0.3, -0.25) is 0 Å². The molecule has 0 saturated heterocycles. The Hall–Kier alpha value is 0.690. The second kappa shape index (κ2) is 6.58. The number of hydrogen-bond acceptors (Lipinski definition) is 1. The molecule has 0 N–H and O–H groups in total. The van der Waals surface area contributed by atoms with Gasteiger partial charge in [0.15, 0.2) is 0 Å². The Morgan fingerprint density at radius 1 is 1.25 bits per heavy atom. The van der Waals surface area contributed by atoms with Crippen LogP contribution in [0.3, 0.4) is 0 Å². The van der Waals surface area contributed by atoms with Crippen LogP contribution >= 0.6 is 22.6 Å². The molecular formula is C14H27IO. The van der Waals surface area contributed by atoms with Crippen LogP contribution in [0.5, 0.6) is 0 Å². The van der Waals surface area contributed by atoms with Crippen molar-refractivity contribution in [1.82, 2.24) is 0 Å². The first-order valence-corrected chi connectivity index (χ1v) is 8.29. The van der Waals surface area contributed by atoms with E-state index >= 15 is 0 Å². The van der Waals surface area contributed by atoms with Crippen LogP contribution in [0.1, 0.15) is 59.8 Å². The van der Waals surface area contributed by atoms with E-state index in [4.69, 9.17) is 4.74 Å². The first-order valence-electron chi connectivity index (χ1n) is 6.76. The van der Waals surface area contributed by atoms with Gasteiger partial charge in [0.2, 0.25) is 0 Å². The highest BCUT2D eigenvalue weighted by atomic mass is 127. The smallest absolute Gasteiger partial charge is 0.0775 e. The fourth-order valence-electron chi connectivity index (χ4n) is 2.63. The molecule has 1 unspecified atom stereocenters. The SMILES string of the molecule is CCC(C)OC1(CI)CCC(C(C)C)CC1. The highest BCUT2D eigenvalue weighted by Crippen LogP contribution is 2.40. The third-order valence-electron chi connectivity index (χ3n) is 4.15. The van der Waals surface area contributed by atoms with Crippen LogP contribution in [0, 0.1) is 11.8 Å². The van der Waals surface area contributed by atoms with Crippen molar-refractivity contribution in [2.45, 2.75) is 71.5 Å². The fraction of sp³-hybridized carbons (Fsp3) is 1.00. The van der Waals surface area contributed by atoms with Gasteiger partial charge in [0.1, 0.15) is 0 Å². The molecule has 1 fully saturated rings. The lowest BCUT2D eigenvalue weighted by atomic mass is 9.75. The summed E-state index contributed by atoms with van der Waals surface area (Å²) in [6, 6.07) is 0. The van der Waals surface area contributed by atoms with Gasteiger partial charge in [0.25, 0.3) is 0 Å². The van der Waals surface area contributed by atoms with Gasteiger partial charge in [-0.15, -0.1) is 0 Å². The summed E-state index contributed by atoms with van der Waals surface area (Å²) in [5.74, 6) is 1.77. The van der Waals surface area contributed by atoms with Crippen molar-refractivity contribution in [2.24, 2.45) is 11.8 Å². The molecule has 0 aromatic heterocycles. The maximum absolute atomic E-state index is 6.30. The summed E-state index contributed by atoms with van der Waals surface area (Å²) in [5.41, 5.74) is 0.196. The van der Waals surface area contributed by atoms with E-state index < -0.39 is 0 Å². The van der Waals surface area contributed by atoms with Crippen molar-refractivity contribution < 1.29 is 4.74 Å². The lowest BCUT2D eigenvalue weighted by molar-refractivity contribution is -0.0995.